The van der Waals surface area contributed by atoms with Crippen LogP contribution in [0.5, 0.6) is 11.5 Å². The maximum atomic E-state index is 9.45. The minimum absolute atomic E-state index is 0.127. The van der Waals surface area contributed by atoms with Crippen LogP contribution in [0.1, 0.15) is 29.2 Å². The first kappa shape index (κ1) is 11.1. The molecule has 1 aliphatic rings. The number of benzene rings is 2. The van der Waals surface area contributed by atoms with Gasteiger partial charge in [0.2, 0.25) is 0 Å². The summed E-state index contributed by atoms with van der Waals surface area (Å²) in [6.07, 6.45) is 2.03. The van der Waals surface area contributed by atoms with E-state index in [0.717, 1.165) is 24.2 Å². The first-order chi connectivity index (χ1) is 8.72. The van der Waals surface area contributed by atoms with Crippen molar-refractivity contribution in [2.24, 2.45) is 0 Å². The van der Waals surface area contributed by atoms with Gasteiger partial charge in [-0.05, 0) is 49.1 Å². The number of hydrogen-bond acceptors (Lipinski definition) is 2. The highest BCUT2D eigenvalue weighted by molar-refractivity contribution is 5.42. The van der Waals surface area contributed by atoms with E-state index in [0.29, 0.717) is 5.75 Å². The molecule has 0 saturated carbocycles. The monoisotopic (exact) mass is 240 g/mol. The van der Waals surface area contributed by atoms with Crippen LogP contribution in [-0.4, -0.2) is 5.11 Å². The second kappa shape index (κ2) is 4.37. The van der Waals surface area contributed by atoms with Crippen LogP contribution in [0, 0.1) is 6.92 Å². The minimum Gasteiger partial charge on any atom is -0.508 e. The van der Waals surface area contributed by atoms with Gasteiger partial charge < -0.3 is 9.84 Å². The van der Waals surface area contributed by atoms with E-state index < -0.39 is 0 Å². The van der Waals surface area contributed by atoms with Crippen LogP contribution < -0.4 is 4.74 Å². The number of aryl methyl sites for hydroxylation is 2. The van der Waals surface area contributed by atoms with Gasteiger partial charge in [-0.2, -0.15) is 0 Å². The van der Waals surface area contributed by atoms with E-state index in [2.05, 4.69) is 31.2 Å². The van der Waals surface area contributed by atoms with E-state index in [1.807, 2.05) is 6.07 Å². The van der Waals surface area contributed by atoms with Gasteiger partial charge in [0.05, 0.1) is 0 Å². The average Bonchev–Trinajstić information content (AvgIpc) is 2.38. The van der Waals surface area contributed by atoms with E-state index in [1.54, 1.807) is 12.1 Å². The van der Waals surface area contributed by atoms with Crippen molar-refractivity contribution in [3.63, 3.8) is 0 Å². The number of hydrogen-bond donors (Lipinski definition) is 1. The van der Waals surface area contributed by atoms with Crippen LogP contribution in [0.15, 0.2) is 42.5 Å². The molecule has 0 aromatic heterocycles. The van der Waals surface area contributed by atoms with Crippen LogP contribution in [0.25, 0.3) is 0 Å². The Bertz CT molecular complexity index is 575. The molecule has 3 rings (SSSR count). The fourth-order valence-electron chi connectivity index (χ4n) is 2.48. The van der Waals surface area contributed by atoms with Crippen molar-refractivity contribution in [1.29, 1.82) is 0 Å². The van der Waals surface area contributed by atoms with Crippen LogP contribution in [0.4, 0.5) is 0 Å². The van der Waals surface area contributed by atoms with Gasteiger partial charge in [-0.25, -0.2) is 0 Å². The molecular formula is C16H16O2. The van der Waals surface area contributed by atoms with Gasteiger partial charge in [-0.15, -0.1) is 0 Å². The van der Waals surface area contributed by atoms with Crippen molar-refractivity contribution in [1.82, 2.24) is 0 Å². The molecule has 2 heteroatoms. The van der Waals surface area contributed by atoms with Crippen molar-refractivity contribution in [3.8, 4) is 11.5 Å². The summed E-state index contributed by atoms with van der Waals surface area (Å²) in [5, 5.41) is 9.45. The summed E-state index contributed by atoms with van der Waals surface area (Å²) in [5.41, 5.74) is 3.58. The lowest BCUT2D eigenvalue weighted by atomic mass is 9.96. The highest BCUT2D eigenvalue weighted by Crippen LogP contribution is 2.36. The van der Waals surface area contributed by atoms with Crippen LogP contribution >= 0.6 is 0 Å². The second-order valence-electron chi connectivity index (χ2n) is 4.85. The zero-order valence-corrected chi connectivity index (χ0v) is 10.4. The molecule has 1 aliphatic heterocycles. The van der Waals surface area contributed by atoms with Crippen molar-refractivity contribution in [3.05, 3.63) is 59.2 Å². The Morgan fingerprint density at radius 3 is 2.89 bits per heavy atom. The van der Waals surface area contributed by atoms with Crippen molar-refractivity contribution in [2.75, 3.05) is 0 Å². The predicted octanol–water partition coefficient (Wildman–Crippen LogP) is 3.77. The zero-order valence-electron chi connectivity index (χ0n) is 10.4. The standard InChI is InChI=1S/C16H16O2/c1-11-3-2-4-12(9-11)15-7-5-13-10-14(17)6-8-16(13)18-15/h2-4,6,8-10,15,17H,5,7H2,1H3. The van der Waals surface area contributed by atoms with E-state index in [1.165, 1.54) is 11.1 Å². The Morgan fingerprint density at radius 2 is 2.06 bits per heavy atom. The number of rotatable bonds is 1. The summed E-state index contributed by atoms with van der Waals surface area (Å²) in [6.45, 7) is 2.10. The summed E-state index contributed by atoms with van der Waals surface area (Å²) in [4.78, 5) is 0. The van der Waals surface area contributed by atoms with Crippen molar-refractivity contribution < 1.29 is 9.84 Å². The zero-order chi connectivity index (χ0) is 12.5. The molecule has 2 nitrogen and oxygen atoms in total. The van der Waals surface area contributed by atoms with Crippen LogP contribution in [0.3, 0.4) is 0 Å². The maximum Gasteiger partial charge on any atom is 0.124 e. The predicted molar refractivity (Wildman–Crippen MR) is 71.0 cm³/mol. The Balaban J connectivity index is 1.89. The van der Waals surface area contributed by atoms with Crippen molar-refractivity contribution >= 4 is 0 Å². The van der Waals surface area contributed by atoms with Crippen molar-refractivity contribution in [2.45, 2.75) is 25.9 Å². The Labute approximate surface area is 107 Å². The topological polar surface area (TPSA) is 29.5 Å². The molecule has 0 radical (unpaired) electrons. The lowest BCUT2D eigenvalue weighted by Gasteiger charge is -2.26. The van der Waals surface area contributed by atoms with Crippen LogP contribution in [-0.2, 0) is 6.42 Å². The molecule has 18 heavy (non-hydrogen) atoms. The normalized spacial score (nSPS) is 17.9. The Hall–Kier alpha value is -1.96. The smallest absolute Gasteiger partial charge is 0.124 e. The van der Waals surface area contributed by atoms with Gasteiger partial charge >= 0.3 is 0 Å². The summed E-state index contributed by atoms with van der Waals surface area (Å²) in [5.74, 6) is 1.21. The van der Waals surface area contributed by atoms with Gasteiger partial charge in [-0.3, -0.25) is 0 Å². The first-order valence-corrected chi connectivity index (χ1v) is 6.27. The minimum atomic E-state index is 0.127. The highest BCUT2D eigenvalue weighted by atomic mass is 16.5. The molecule has 0 fully saturated rings. The Morgan fingerprint density at radius 1 is 1.17 bits per heavy atom. The van der Waals surface area contributed by atoms with Crippen LogP contribution in [0.2, 0.25) is 0 Å². The van der Waals surface area contributed by atoms with E-state index in [-0.39, 0.29) is 6.10 Å². The molecule has 0 bridgehead atoms. The molecule has 0 saturated heterocycles. The fourth-order valence-corrected chi connectivity index (χ4v) is 2.48. The van der Waals surface area contributed by atoms with E-state index >= 15 is 0 Å². The third-order valence-corrected chi connectivity index (χ3v) is 3.40. The fraction of sp³-hybridized carbons (Fsp3) is 0.250. The summed E-state index contributed by atoms with van der Waals surface area (Å²) in [6, 6.07) is 13.8. The molecule has 0 aliphatic carbocycles. The molecule has 0 spiro atoms. The maximum absolute atomic E-state index is 9.45. The summed E-state index contributed by atoms with van der Waals surface area (Å²) < 4.78 is 6.02. The van der Waals surface area contributed by atoms with E-state index in [9.17, 15) is 5.11 Å². The lowest BCUT2D eigenvalue weighted by Crippen LogP contribution is -2.15. The van der Waals surface area contributed by atoms with Gasteiger partial charge in [0.1, 0.15) is 17.6 Å². The molecule has 1 atom stereocenters. The Kier molecular flexibility index (Phi) is 2.71. The number of aromatic hydroxyl groups is 1. The first-order valence-electron chi connectivity index (χ1n) is 6.27. The molecular weight excluding hydrogens is 224 g/mol. The summed E-state index contributed by atoms with van der Waals surface area (Å²) in [7, 11) is 0. The number of ether oxygens (including phenoxy) is 1. The van der Waals surface area contributed by atoms with Gasteiger partial charge in [0.25, 0.3) is 0 Å². The second-order valence-corrected chi connectivity index (χ2v) is 4.85. The number of phenolic OH excluding ortho intramolecular Hbond substituents is 1. The number of fused-ring (bicyclic) bond motifs is 1. The highest BCUT2D eigenvalue weighted by Gasteiger charge is 2.21. The average molecular weight is 240 g/mol. The third-order valence-electron chi connectivity index (χ3n) is 3.40. The molecule has 1 heterocycles. The SMILES string of the molecule is Cc1cccc(C2CCc3cc(O)ccc3O2)c1. The largest absolute Gasteiger partial charge is 0.508 e. The van der Waals surface area contributed by atoms with Gasteiger partial charge in [0, 0.05) is 0 Å². The molecule has 2 aromatic rings. The number of phenols is 1. The quantitative estimate of drug-likeness (QED) is 0.822. The lowest BCUT2D eigenvalue weighted by molar-refractivity contribution is 0.176. The van der Waals surface area contributed by atoms with Gasteiger partial charge in [-0.1, -0.05) is 29.8 Å². The molecule has 1 N–H and O–H groups in total. The van der Waals surface area contributed by atoms with Gasteiger partial charge in [0.15, 0.2) is 0 Å². The van der Waals surface area contributed by atoms with E-state index in [4.69, 9.17) is 4.74 Å². The molecule has 92 valence electrons. The third kappa shape index (κ3) is 2.06. The summed E-state index contributed by atoms with van der Waals surface area (Å²) >= 11 is 0. The molecule has 1 unspecified atom stereocenters. The molecule has 0 amide bonds. The molecule has 2 aromatic carbocycles.